The summed E-state index contributed by atoms with van der Waals surface area (Å²) in [5, 5.41) is 13.5. The van der Waals surface area contributed by atoms with E-state index in [1.807, 2.05) is 0 Å². The fourth-order valence-corrected chi connectivity index (χ4v) is 1.36. The summed E-state index contributed by atoms with van der Waals surface area (Å²) in [5.74, 6) is 0. The molecule has 0 radical (unpaired) electrons. The standard InChI is InChI=1S/C8H9N3O3/c12-8-2-1-6(11(13)14)5-10(8)7-3-9-4-7/h1-2,5,7,9H,3-4H2. The number of aromatic nitrogens is 1. The summed E-state index contributed by atoms with van der Waals surface area (Å²) < 4.78 is 1.41. The average Bonchev–Trinajstić information content (AvgIpc) is 2.05. The fraction of sp³-hybridized carbons (Fsp3) is 0.375. The van der Waals surface area contributed by atoms with E-state index in [0.717, 1.165) is 0 Å². The minimum absolute atomic E-state index is 0.0449. The molecule has 0 aromatic carbocycles. The Morgan fingerprint density at radius 1 is 1.50 bits per heavy atom. The van der Waals surface area contributed by atoms with Gasteiger partial charge in [0.05, 0.1) is 17.2 Å². The molecule has 0 spiro atoms. The Bertz CT molecular complexity index is 422. The van der Waals surface area contributed by atoms with Crippen molar-refractivity contribution in [3.8, 4) is 0 Å². The lowest BCUT2D eigenvalue weighted by Crippen LogP contribution is -2.46. The highest BCUT2D eigenvalue weighted by atomic mass is 16.6. The lowest BCUT2D eigenvalue weighted by Gasteiger charge is -2.28. The number of nitrogens with zero attached hydrogens (tertiary/aromatic N) is 2. The highest BCUT2D eigenvalue weighted by Gasteiger charge is 2.21. The van der Waals surface area contributed by atoms with Crippen LogP contribution in [0.3, 0.4) is 0 Å². The summed E-state index contributed by atoms with van der Waals surface area (Å²) >= 11 is 0. The molecule has 1 aliphatic rings. The van der Waals surface area contributed by atoms with Crippen LogP contribution >= 0.6 is 0 Å². The number of nitro groups is 1. The Hall–Kier alpha value is -1.69. The highest BCUT2D eigenvalue weighted by molar-refractivity contribution is 5.25. The Labute approximate surface area is 79.3 Å². The van der Waals surface area contributed by atoms with Gasteiger partial charge in [0.2, 0.25) is 0 Å². The van der Waals surface area contributed by atoms with E-state index in [1.165, 1.54) is 22.9 Å². The van der Waals surface area contributed by atoms with Crippen LogP contribution in [0.5, 0.6) is 0 Å². The molecule has 0 saturated carbocycles. The van der Waals surface area contributed by atoms with Gasteiger partial charge in [-0.15, -0.1) is 0 Å². The zero-order chi connectivity index (χ0) is 10.1. The van der Waals surface area contributed by atoms with Crippen molar-refractivity contribution in [3.05, 3.63) is 38.8 Å². The molecule has 14 heavy (non-hydrogen) atoms. The maximum Gasteiger partial charge on any atom is 0.285 e. The predicted molar refractivity (Wildman–Crippen MR) is 49.3 cm³/mol. The normalized spacial score (nSPS) is 16.3. The number of pyridine rings is 1. The van der Waals surface area contributed by atoms with Crippen molar-refractivity contribution in [1.29, 1.82) is 0 Å². The second kappa shape index (κ2) is 3.22. The summed E-state index contributed by atoms with van der Waals surface area (Å²) in [6.07, 6.45) is 1.30. The van der Waals surface area contributed by atoms with Crippen LogP contribution in [0.25, 0.3) is 0 Å². The van der Waals surface area contributed by atoms with Crippen molar-refractivity contribution in [3.63, 3.8) is 0 Å². The lowest BCUT2D eigenvalue weighted by atomic mass is 10.2. The van der Waals surface area contributed by atoms with E-state index in [1.54, 1.807) is 0 Å². The van der Waals surface area contributed by atoms with Crippen molar-refractivity contribution in [1.82, 2.24) is 9.88 Å². The van der Waals surface area contributed by atoms with E-state index < -0.39 is 4.92 Å². The van der Waals surface area contributed by atoms with Crippen LogP contribution in [0.1, 0.15) is 6.04 Å². The van der Waals surface area contributed by atoms with Crippen molar-refractivity contribution in [2.24, 2.45) is 0 Å². The van der Waals surface area contributed by atoms with Gasteiger partial charge in [-0.05, 0) is 0 Å². The largest absolute Gasteiger partial charge is 0.313 e. The zero-order valence-electron chi connectivity index (χ0n) is 7.34. The van der Waals surface area contributed by atoms with E-state index in [0.29, 0.717) is 13.1 Å². The van der Waals surface area contributed by atoms with Gasteiger partial charge in [0, 0.05) is 25.2 Å². The topological polar surface area (TPSA) is 77.2 Å². The summed E-state index contributed by atoms with van der Waals surface area (Å²) in [6, 6.07) is 2.52. The molecular weight excluding hydrogens is 186 g/mol. The van der Waals surface area contributed by atoms with Crippen molar-refractivity contribution in [2.75, 3.05) is 13.1 Å². The van der Waals surface area contributed by atoms with Gasteiger partial charge in [0.1, 0.15) is 0 Å². The maximum atomic E-state index is 11.3. The SMILES string of the molecule is O=c1ccc([N+](=O)[O-])cn1C1CNC1. The van der Waals surface area contributed by atoms with Crippen LogP contribution in [0.2, 0.25) is 0 Å². The number of rotatable bonds is 2. The van der Waals surface area contributed by atoms with Crippen LogP contribution in [0.15, 0.2) is 23.1 Å². The highest BCUT2D eigenvalue weighted by Crippen LogP contribution is 2.13. The third-order valence-corrected chi connectivity index (χ3v) is 2.29. The number of hydrogen-bond acceptors (Lipinski definition) is 4. The van der Waals surface area contributed by atoms with Crippen molar-refractivity contribution < 1.29 is 4.92 Å². The first-order valence-corrected chi connectivity index (χ1v) is 4.26. The third kappa shape index (κ3) is 1.39. The molecule has 1 aromatic rings. The van der Waals surface area contributed by atoms with Gasteiger partial charge in [-0.1, -0.05) is 0 Å². The smallest absolute Gasteiger partial charge is 0.285 e. The first-order valence-electron chi connectivity index (χ1n) is 4.26. The Kier molecular flexibility index (Phi) is 2.05. The molecular formula is C8H9N3O3. The van der Waals surface area contributed by atoms with Gasteiger partial charge in [-0.3, -0.25) is 14.9 Å². The maximum absolute atomic E-state index is 11.3. The Morgan fingerprint density at radius 3 is 2.71 bits per heavy atom. The molecule has 1 saturated heterocycles. The summed E-state index contributed by atoms with van der Waals surface area (Å²) in [7, 11) is 0. The van der Waals surface area contributed by atoms with Gasteiger partial charge < -0.3 is 9.88 Å². The minimum Gasteiger partial charge on any atom is -0.313 e. The monoisotopic (exact) mass is 195 g/mol. The molecule has 2 heterocycles. The lowest BCUT2D eigenvalue weighted by molar-refractivity contribution is -0.385. The molecule has 1 fully saturated rings. The molecule has 6 nitrogen and oxygen atoms in total. The molecule has 6 heteroatoms. The molecule has 2 rings (SSSR count). The Morgan fingerprint density at radius 2 is 2.21 bits per heavy atom. The van der Waals surface area contributed by atoms with Crippen LogP contribution < -0.4 is 10.9 Å². The van der Waals surface area contributed by atoms with Gasteiger partial charge >= 0.3 is 0 Å². The van der Waals surface area contributed by atoms with E-state index in [9.17, 15) is 14.9 Å². The minimum atomic E-state index is -0.498. The summed E-state index contributed by atoms with van der Waals surface area (Å²) in [6.45, 7) is 1.39. The van der Waals surface area contributed by atoms with E-state index in [2.05, 4.69) is 5.32 Å². The van der Waals surface area contributed by atoms with Gasteiger partial charge in [0.15, 0.2) is 0 Å². The molecule has 0 bridgehead atoms. The number of hydrogen-bond donors (Lipinski definition) is 1. The van der Waals surface area contributed by atoms with Gasteiger partial charge in [0.25, 0.3) is 11.2 Å². The van der Waals surface area contributed by atoms with Crippen molar-refractivity contribution in [2.45, 2.75) is 6.04 Å². The Balaban J connectivity index is 2.41. The first kappa shape index (κ1) is 8.89. The molecule has 74 valence electrons. The van der Waals surface area contributed by atoms with E-state index in [-0.39, 0.29) is 17.3 Å². The average molecular weight is 195 g/mol. The predicted octanol–water partition coefficient (Wildman–Crippen LogP) is -0.0992. The molecule has 0 atom stereocenters. The fourth-order valence-electron chi connectivity index (χ4n) is 1.36. The van der Waals surface area contributed by atoms with E-state index in [4.69, 9.17) is 0 Å². The van der Waals surface area contributed by atoms with Crippen molar-refractivity contribution >= 4 is 5.69 Å². The number of nitrogens with one attached hydrogen (secondary N) is 1. The van der Waals surface area contributed by atoms with Crippen LogP contribution in [0, 0.1) is 10.1 Å². The zero-order valence-corrected chi connectivity index (χ0v) is 7.34. The first-order chi connectivity index (χ1) is 6.68. The molecule has 1 aromatic heterocycles. The van der Waals surface area contributed by atoms with E-state index >= 15 is 0 Å². The second-order valence-corrected chi connectivity index (χ2v) is 3.20. The molecule has 1 aliphatic heterocycles. The third-order valence-electron chi connectivity index (χ3n) is 2.29. The molecule has 1 N–H and O–H groups in total. The quantitative estimate of drug-likeness (QED) is 0.528. The van der Waals surface area contributed by atoms with Crippen LogP contribution in [-0.4, -0.2) is 22.6 Å². The summed E-state index contributed by atoms with van der Waals surface area (Å²) in [4.78, 5) is 21.3. The molecule has 0 aliphatic carbocycles. The van der Waals surface area contributed by atoms with Gasteiger partial charge in [-0.2, -0.15) is 0 Å². The molecule has 0 unspecified atom stereocenters. The second-order valence-electron chi connectivity index (χ2n) is 3.20. The van der Waals surface area contributed by atoms with Gasteiger partial charge in [-0.25, -0.2) is 0 Å². The van der Waals surface area contributed by atoms with Crippen LogP contribution in [-0.2, 0) is 0 Å². The molecule has 0 amide bonds. The van der Waals surface area contributed by atoms with Crippen LogP contribution in [0.4, 0.5) is 5.69 Å². The summed E-state index contributed by atoms with van der Waals surface area (Å²) in [5.41, 5.74) is -0.237.